The molecule has 0 aliphatic heterocycles. The molecule has 1 aromatic rings. The maximum absolute atomic E-state index is 10.9. The minimum Gasteiger partial charge on any atom is -0.274 e. The van der Waals surface area contributed by atoms with Gasteiger partial charge in [-0.3, -0.25) is 35.1 Å². The summed E-state index contributed by atoms with van der Waals surface area (Å²) in [5.74, 6) is -0.599. The van der Waals surface area contributed by atoms with Gasteiger partial charge in [-0.15, -0.1) is 0 Å². The molecular formula is C9H7N5O7. The first kappa shape index (κ1) is 15.6. The smallest absolute Gasteiger partial charge is 0.274 e. The molecule has 0 spiro atoms. The largest absolute Gasteiger partial charge is 0.292 e. The second-order valence-corrected chi connectivity index (χ2v) is 3.60. The third kappa shape index (κ3) is 3.76. The molecule has 0 aromatic heterocycles. The van der Waals surface area contributed by atoms with Crippen molar-refractivity contribution >= 4 is 29.2 Å². The first-order valence-electron chi connectivity index (χ1n) is 5.15. The first-order valence-corrected chi connectivity index (χ1v) is 5.15. The molecule has 0 saturated carbocycles. The summed E-state index contributed by atoms with van der Waals surface area (Å²) in [5.41, 5.74) is -1.19. The highest BCUT2D eigenvalue weighted by atomic mass is 16.6. The van der Waals surface area contributed by atoms with Crippen LogP contribution < -0.4 is 5.43 Å². The van der Waals surface area contributed by atoms with Gasteiger partial charge < -0.3 is 0 Å². The van der Waals surface area contributed by atoms with Gasteiger partial charge in [0, 0.05) is 6.92 Å². The van der Waals surface area contributed by atoms with E-state index in [-0.39, 0.29) is 0 Å². The zero-order chi connectivity index (χ0) is 16.2. The van der Waals surface area contributed by atoms with Crippen molar-refractivity contribution in [2.24, 2.45) is 5.10 Å². The lowest BCUT2D eigenvalue weighted by Gasteiger charge is -2.00. The second kappa shape index (κ2) is 6.14. The van der Waals surface area contributed by atoms with E-state index in [0.29, 0.717) is 18.3 Å². The zero-order valence-corrected chi connectivity index (χ0v) is 10.4. The Balaban J connectivity index is 3.53. The van der Waals surface area contributed by atoms with Crippen LogP contribution in [0.4, 0.5) is 17.1 Å². The Morgan fingerprint density at radius 2 is 1.57 bits per heavy atom. The molecule has 12 heteroatoms. The molecule has 12 nitrogen and oxygen atoms in total. The summed E-state index contributed by atoms with van der Waals surface area (Å²) in [4.78, 5) is 40.0. The number of hydrogen-bond donors (Lipinski definition) is 1. The Bertz CT molecular complexity index is 633. The monoisotopic (exact) mass is 297 g/mol. The fourth-order valence-electron chi connectivity index (χ4n) is 1.34. The Hall–Kier alpha value is -3.44. The summed E-state index contributed by atoms with van der Waals surface area (Å²) in [7, 11) is 0. The molecule has 0 bridgehead atoms. The average molecular weight is 297 g/mol. The molecule has 1 rings (SSSR count). The molecule has 0 radical (unpaired) electrons. The van der Waals surface area contributed by atoms with Crippen molar-refractivity contribution in [2.45, 2.75) is 6.92 Å². The average Bonchev–Trinajstić information content (AvgIpc) is 2.37. The Kier molecular flexibility index (Phi) is 4.56. The van der Waals surface area contributed by atoms with Crippen LogP contribution in [0.25, 0.3) is 0 Å². The van der Waals surface area contributed by atoms with Crippen LogP contribution in [0.1, 0.15) is 12.5 Å². The van der Waals surface area contributed by atoms with E-state index in [4.69, 9.17) is 0 Å². The molecule has 1 aromatic carbocycles. The summed E-state index contributed by atoms with van der Waals surface area (Å²) in [5, 5.41) is 35.7. The van der Waals surface area contributed by atoms with Crippen LogP contribution in [0.15, 0.2) is 17.2 Å². The van der Waals surface area contributed by atoms with E-state index in [9.17, 15) is 35.1 Å². The molecule has 0 fully saturated rings. The predicted molar refractivity (Wildman–Crippen MR) is 67.8 cm³/mol. The van der Waals surface area contributed by atoms with Crippen molar-refractivity contribution < 1.29 is 19.6 Å². The quantitative estimate of drug-likeness (QED) is 0.477. The summed E-state index contributed by atoms with van der Waals surface area (Å²) < 4.78 is 0. The van der Waals surface area contributed by atoms with Gasteiger partial charge in [-0.25, -0.2) is 5.43 Å². The summed E-state index contributed by atoms with van der Waals surface area (Å²) >= 11 is 0. The minimum atomic E-state index is -1.02. The highest BCUT2D eigenvalue weighted by Gasteiger charge is 2.29. The highest BCUT2D eigenvalue weighted by molar-refractivity contribution is 5.92. The Labute approximate surface area is 115 Å². The molecule has 0 heterocycles. The fraction of sp³-hybridized carbons (Fsp3) is 0.111. The van der Waals surface area contributed by atoms with Crippen LogP contribution in [0.2, 0.25) is 0 Å². The van der Waals surface area contributed by atoms with E-state index in [1.165, 1.54) is 0 Å². The van der Waals surface area contributed by atoms with Crippen LogP contribution in [0.5, 0.6) is 0 Å². The number of hydrogen-bond acceptors (Lipinski definition) is 8. The molecule has 0 aliphatic carbocycles. The lowest BCUT2D eigenvalue weighted by molar-refractivity contribution is -0.403. The van der Waals surface area contributed by atoms with E-state index < -0.39 is 43.3 Å². The Morgan fingerprint density at radius 1 is 1.10 bits per heavy atom. The third-order valence-electron chi connectivity index (χ3n) is 2.14. The van der Waals surface area contributed by atoms with Gasteiger partial charge in [0.1, 0.15) is 0 Å². The number of rotatable bonds is 5. The maximum atomic E-state index is 10.9. The number of nitro benzene ring substituents is 3. The topological polar surface area (TPSA) is 171 Å². The van der Waals surface area contributed by atoms with Crippen molar-refractivity contribution in [1.82, 2.24) is 5.43 Å². The fourth-order valence-corrected chi connectivity index (χ4v) is 1.34. The Morgan fingerprint density at radius 3 is 1.90 bits per heavy atom. The maximum Gasteiger partial charge on any atom is 0.292 e. The van der Waals surface area contributed by atoms with Gasteiger partial charge in [-0.05, 0) is 0 Å². The number of amides is 1. The van der Waals surface area contributed by atoms with Crippen LogP contribution in [-0.2, 0) is 4.79 Å². The number of hydrazone groups is 1. The summed E-state index contributed by atoms with van der Waals surface area (Å²) in [6.07, 6.45) is 0.682. The standard InChI is InChI=1S/C9H7N5O7/c1-5(15)11-10-4-7-8(13(18)19)2-6(12(16)17)3-9(7)14(20)21/h2-4H,1H3,(H,11,15)/b10-4+. The molecular weight excluding hydrogens is 290 g/mol. The molecule has 0 saturated heterocycles. The second-order valence-electron chi connectivity index (χ2n) is 3.60. The van der Waals surface area contributed by atoms with E-state index in [2.05, 4.69) is 5.10 Å². The normalized spacial score (nSPS) is 10.3. The highest BCUT2D eigenvalue weighted by Crippen LogP contribution is 2.32. The number of benzene rings is 1. The van der Waals surface area contributed by atoms with Crippen LogP contribution in [0.3, 0.4) is 0 Å². The number of non-ortho nitro benzene ring substituents is 1. The van der Waals surface area contributed by atoms with Crippen LogP contribution in [0, 0.1) is 30.3 Å². The number of nitrogens with zero attached hydrogens (tertiary/aromatic N) is 4. The number of carbonyl (C=O) groups excluding carboxylic acids is 1. The van der Waals surface area contributed by atoms with E-state index in [1.807, 2.05) is 5.43 Å². The van der Waals surface area contributed by atoms with Crippen LogP contribution in [-0.4, -0.2) is 26.9 Å². The molecule has 0 unspecified atom stereocenters. The van der Waals surface area contributed by atoms with Gasteiger partial charge >= 0.3 is 0 Å². The van der Waals surface area contributed by atoms with Gasteiger partial charge in [-0.1, -0.05) is 0 Å². The number of nitro groups is 3. The van der Waals surface area contributed by atoms with E-state index >= 15 is 0 Å². The lowest BCUT2D eigenvalue weighted by Crippen LogP contribution is -2.13. The van der Waals surface area contributed by atoms with Crippen molar-refractivity contribution in [1.29, 1.82) is 0 Å². The summed E-state index contributed by atoms with van der Waals surface area (Å²) in [6.45, 7) is 1.11. The van der Waals surface area contributed by atoms with Gasteiger partial charge in [0.05, 0.1) is 33.1 Å². The molecule has 1 amide bonds. The first-order chi connectivity index (χ1) is 9.73. The van der Waals surface area contributed by atoms with Gasteiger partial charge in [0.15, 0.2) is 5.56 Å². The van der Waals surface area contributed by atoms with Crippen molar-refractivity contribution in [3.8, 4) is 0 Å². The number of carbonyl (C=O) groups is 1. The molecule has 0 aliphatic rings. The number of nitrogens with one attached hydrogen (secondary N) is 1. The molecule has 110 valence electrons. The lowest BCUT2D eigenvalue weighted by atomic mass is 10.1. The molecule has 0 atom stereocenters. The predicted octanol–water partition coefficient (Wildman–Crippen LogP) is 0.881. The SMILES string of the molecule is CC(=O)N/N=C/c1c([N+](=O)[O-])cc([N+](=O)[O-])cc1[N+](=O)[O-]. The molecule has 1 N–H and O–H groups in total. The third-order valence-corrected chi connectivity index (χ3v) is 2.14. The van der Waals surface area contributed by atoms with Gasteiger partial charge in [-0.2, -0.15) is 5.10 Å². The van der Waals surface area contributed by atoms with Crippen molar-refractivity contribution in [2.75, 3.05) is 0 Å². The zero-order valence-electron chi connectivity index (χ0n) is 10.4. The van der Waals surface area contributed by atoms with Crippen molar-refractivity contribution in [3.05, 3.63) is 48.0 Å². The molecule has 21 heavy (non-hydrogen) atoms. The van der Waals surface area contributed by atoms with Crippen LogP contribution >= 0.6 is 0 Å². The van der Waals surface area contributed by atoms with Gasteiger partial charge in [0.25, 0.3) is 17.1 Å². The van der Waals surface area contributed by atoms with Gasteiger partial charge in [0.2, 0.25) is 5.91 Å². The summed E-state index contributed by atoms with van der Waals surface area (Å²) in [6, 6.07) is 1.14. The van der Waals surface area contributed by atoms with E-state index in [0.717, 1.165) is 6.92 Å². The van der Waals surface area contributed by atoms with E-state index in [1.54, 1.807) is 0 Å². The minimum absolute atomic E-state index is 0.565. The van der Waals surface area contributed by atoms with Crippen molar-refractivity contribution in [3.63, 3.8) is 0 Å².